The lowest BCUT2D eigenvalue weighted by atomic mass is 9.84. The van der Waals surface area contributed by atoms with Gasteiger partial charge in [-0.1, -0.05) is 31.4 Å². The van der Waals surface area contributed by atoms with Crippen LogP contribution in [-0.4, -0.2) is 34.0 Å². The van der Waals surface area contributed by atoms with Gasteiger partial charge in [0, 0.05) is 12.1 Å². The predicted molar refractivity (Wildman–Crippen MR) is 99.4 cm³/mol. The van der Waals surface area contributed by atoms with Gasteiger partial charge in [0.25, 0.3) is 11.8 Å². The van der Waals surface area contributed by atoms with E-state index in [-0.39, 0.29) is 18.4 Å². The Morgan fingerprint density at radius 2 is 1.78 bits per heavy atom. The second kappa shape index (κ2) is 8.24. The van der Waals surface area contributed by atoms with Gasteiger partial charge in [-0.25, -0.2) is 0 Å². The van der Waals surface area contributed by atoms with Crippen LogP contribution in [0, 0.1) is 0 Å². The molecule has 0 unspecified atom stereocenters. The number of carbonyl (C=O) groups is 3. The first-order valence-corrected chi connectivity index (χ1v) is 9.33. The highest BCUT2D eigenvalue weighted by Crippen LogP contribution is 2.33. The van der Waals surface area contributed by atoms with Crippen molar-refractivity contribution in [1.29, 1.82) is 0 Å². The normalized spacial score (nSPS) is 20.4. The Kier molecular flexibility index (Phi) is 5.78. The van der Waals surface area contributed by atoms with Crippen LogP contribution in [0.15, 0.2) is 35.6 Å². The Morgan fingerprint density at radius 3 is 2.41 bits per heavy atom. The lowest BCUT2D eigenvalue weighted by Gasteiger charge is -2.22. The van der Waals surface area contributed by atoms with Crippen LogP contribution >= 0.6 is 0 Å². The summed E-state index contributed by atoms with van der Waals surface area (Å²) in [5, 5.41) is 23.9. The molecule has 3 rings (SSSR count). The molecule has 0 saturated heterocycles. The zero-order valence-corrected chi connectivity index (χ0v) is 15.0. The molecule has 0 spiro atoms. The van der Waals surface area contributed by atoms with E-state index in [0.29, 0.717) is 11.6 Å². The smallest absolute Gasteiger partial charge is 0.303 e. The minimum Gasteiger partial charge on any atom is -0.509 e. The number of carboxylic acids is 1. The van der Waals surface area contributed by atoms with Crippen molar-refractivity contribution < 1.29 is 24.6 Å². The number of benzene rings is 1. The van der Waals surface area contributed by atoms with Gasteiger partial charge < -0.3 is 20.8 Å². The van der Waals surface area contributed by atoms with E-state index in [1.807, 2.05) is 12.1 Å². The molecular formula is C20H24N2O5. The Bertz CT molecular complexity index is 763. The molecular weight excluding hydrogens is 348 g/mol. The topological polar surface area (TPSA) is 116 Å². The van der Waals surface area contributed by atoms with Crippen LogP contribution in [0.3, 0.4) is 0 Å². The van der Waals surface area contributed by atoms with Gasteiger partial charge in [0.05, 0.1) is 6.04 Å². The van der Waals surface area contributed by atoms with E-state index in [4.69, 9.17) is 5.11 Å². The average molecular weight is 372 g/mol. The number of anilines is 1. The monoisotopic (exact) mass is 372 g/mol. The molecule has 0 bridgehead atoms. The highest BCUT2D eigenvalue weighted by atomic mass is 16.4. The molecule has 1 aromatic carbocycles. The maximum absolute atomic E-state index is 12.4. The molecule has 0 aromatic heterocycles. The first-order valence-electron chi connectivity index (χ1n) is 9.33. The van der Waals surface area contributed by atoms with E-state index in [1.165, 1.54) is 37.7 Å². The highest BCUT2D eigenvalue weighted by Gasteiger charge is 2.36. The fourth-order valence-corrected chi connectivity index (χ4v) is 3.75. The first kappa shape index (κ1) is 18.9. The minimum absolute atomic E-state index is 0.0276. The maximum atomic E-state index is 12.4. The molecule has 0 radical (unpaired) electrons. The van der Waals surface area contributed by atoms with Crippen molar-refractivity contribution in [3.05, 3.63) is 41.2 Å². The van der Waals surface area contributed by atoms with E-state index in [2.05, 4.69) is 10.6 Å². The molecule has 2 aliphatic rings. The third-order valence-corrected chi connectivity index (χ3v) is 5.24. The SMILES string of the molecule is O=C(O)CC[C@@H]1NC(=O)C(C(=O)Nc2ccc(C3CCCCC3)cc2)=C1O. The summed E-state index contributed by atoms with van der Waals surface area (Å²) < 4.78 is 0. The van der Waals surface area contributed by atoms with E-state index in [9.17, 15) is 19.5 Å². The van der Waals surface area contributed by atoms with Crippen LogP contribution < -0.4 is 10.6 Å². The average Bonchev–Trinajstić information content (AvgIpc) is 2.95. The van der Waals surface area contributed by atoms with Gasteiger partial charge >= 0.3 is 5.97 Å². The first-order chi connectivity index (χ1) is 13.0. The van der Waals surface area contributed by atoms with E-state index >= 15 is 0 Å². The third kappa shape index (κ3) is 4.48. The molecule has 27 heavy (non-hydrogen) atoms. The van der Waals surface area contributed by atoms with Crippen molar-refractivity contribution in [1.82, 2.24) is 5.32 Å². The number of hydrogen-bond donors (Lipinski definition) is 4. The molecule has 1 aromatic rings. The zero-order valence-electron chi connectivity index (χ0n) is 15.0. The van der Waals surface area contributed by atoms with Gasteiger partial charge in [0.1, 0.15) is 11.3 Å². The summed E-state index contributed by atoms with van der Waals surface area (Å²) >= 11 is 0. The van der Waals surface area contributed by atoms with Gasteiger partial charge in [-0.15, -0.1) is 0 Å². The van der Waals surface area contributed by atoms with Crippen molar-refractivity contribution in [3.63, 3.8) is 0 Å². The molecule has 1 heterocycles. The number of nitrogens with one attached hydrogen (secondary N) is 2. The summed E-state index contributed by atoms with van der Waals surface area (Å²) in [6.07, 6.45) is 5.96. The number of rotatable bonds is 6. The second-order valence-electron chi connectivity index (χ2n) is 7.13. The van der Waals surface area contributed by atoms with Gasteiger partial charge in [-0.3, -0.25) is 14.4 Å². The Morgan fingerprint density at radius 1 is 1.11 bits per heavy atom. The fourth-order valence-electron chi connectivity index (χ4n) is 3.75. The molecule has 1 aliphatic carbocycles. The predicted octanol–water partition coefficient (Wildman–Crippen LogP) is 2.85. The van der Waals surface area contributed by atoms with Crippen molar-refractivity contribution in [2.75, 3.05) is 5.32 Å². The summed E-state index contributed by atoms with van der Waals surface area (Å²) in [6, 6.07) is 6.74. The van der Waals surface area contributed by atoms with Gasteiger partial charge in [-0.05, 0) is 42.9 Å². The number of carboxylic acid groups (broad SMARTS) is 1. The molecule has 1 fully saturated rings. The molecule has 4 N–H and O–H groups in total. The Balaban J connectivity index is 1.65. The standard InChI is InChI=1S/C20H24N2O5/c23-16(24)11-10-15-18(25)17(20(27)22-15)19(26)21-14-8-6-13(7-9-14)12-4-2-1-3-5-12/h6-9,12,15,25H,1-5,10-11H2,(H,21,26)(H,22,27)(H,23,24)/t15-/m0/s1. The fraction of sp³-hybridized carbons (Fsp3) is 0.450. The van der Waals surface area contributed by atoms with Crippen LogP contribution in [0.2, 0.25) is 0 Å². The largest absolute Gasteiger partial charge is 0.509 e. The van der Waals surface area contributed by atoms with Crippen LogP contribution in [0.4, 0.5) is 5.69 Å². The summed E-state index contributed by atoms with van der Waals surface area (Å²) in [4.78, 5) is 35.0. The molecule has 144 valence electrons. The molecule has 1 saturated carbocycles. The maximum Gasteiger partial charge on any atom is 0.303 e. The molecule has 1 atom stereocenters. The quantitative estimate of drug-likeness (QED) is 0.573. The number of amides is 2. The van der Waals surface area contributed by atoms with Gasteiger partial charge in [0.2, 0.25) is 0 Å². The second-order valence-corrected chi connectivity index (χ2v) is 7.13. The number of aliphatic hydroxyl groups is 1. The van der Waals surface area contributed by atoms with Crippen molar-refractivity contribution in [2.24, 2.45) is 0 Å². The van der Waals surface area contributed by atoms with E-state index in [0.717, 1.165) is 0 Å². The van der Waals surface area contributed by atoms with Crippen LogP contribution in [0.1, 0.15) is 56.4 Å². The Labute approximate surface area is 157 Å². The number of hydrogen-bond acceptors (Lipinski definition) is 4. The van der Waals surface area contributed by atoms with Crippen LogP contribution in [0.25, 0.3) is 0 Å². The molecule has 7 heteroatoms. The van der Waals surface area contributed by atoms with Crippen molar-refractivity contribution in [2.45, 2.75) is 56.9 Å². The van der Waals surface area contributed by atoms with Crippen molar-refractivity contribution >= 4 is 23.5 Å². The molecule has 2 amide bonds. The molecule has 7 nitrogen and oxygen atoms in total. The third-order valence-electron chi connectivity index (χ3n) is 5.24. The molecule has 1 aliphatic heterocycles. The highest BCUT2D eigenvalue weighted by molar-refractivity contribution is 6.24. The van der Waals surface area contributed by atoms with E-state index in [1.54, 1.807) is 12.1 Å². The van der Waals surface area contributed by atoms with Gasteiger partial charge in [-0.2, -0.15) is 0 Å². The van der Waals surface area contributed by atoms with Gasteiger partial charge in [0.15, 0.2) is 0 Å². The lowest BCUT2D eigenvalue weighted by molar-refractivity contribution is -0.137. The summed E-state index contributed by atoms with van der Waals surface area (Å²) in [7, 11) is 0. The lowest BCUT2D eigenvalue weighted by Crippen LogP contribution is -2.30. The summed E-state index contributed by atoms with van der Waals surface area (Å²) in [5.41, 5.74) is 1.44. The minimum atomic E-state index is -1.03. The Hall–Kier alpha value is -2.83. The van der Waals surface area contributed by atoms with Crippen molar-refractivity contribution in [3.8, 4) is 0 Å². The van der Waals surface area contributed by atoms with Crippen LogP contribution in [-0.2, 0) is 14.4 Å². The van der Waals surface area contributed by atoms with Crippen LogP contribution in [0.5, 0.6) is 0 Å². The zero-order chi connectivity index (χ0) is 19.4. The number of carbonyl (C=O) groups excluding carboxylic acids is 2. The number of aliphatic hydroxyl groups excluding tert-OH is 1. The summed E-state index contributed by atoms with van der Waals surface area (Å²) in [6.45, 7) is 0. The number of aliphatic carboxylic acids is 1. The van der Waals surface area contributed by atoms with E-state index < -0.39 is 29.6 Å². The summed E-state index contributed by atoms with van der Waals surface area (Å²) in [5.74, 6) is -2.27.